The van der Waals surface area contributed by atoms with Crippen molar-refractivity contribution in [3.8, 4) is 0 Å². The lowest BCUT2D eigenvalue weighted by Crippen LogP contribution is -2.21. The number of ether oxygens (including phenoxy) is 4. The van der Waals surface area contributed by atoms with Gasteiger partial charge in [0.15, 0.2) is 0 Å². The van der Waals surface area contributed by atoms with Gasteiger partial charge in [-0.25, -0.2) is 9.59 Å². The van der Waals surface area contributed by atoms with E-state index in [0.717, 1.165) is 0 Å². The predicted molar refractivity (Wildman–Crippen MR) is 66.2 cm³/mol. The summed E-state index contributed by atoms with van der Waals surface area (Å²) in [6, 6.07) is 0. The molecule has 3 N–H and O–H groups in total. The monoisotopic (exact) mass is 295 g/mol. The van der Waals surface area contributed by atoms with E-state index in [0.29, 0.717) is 32.9 Å². The van der Waals surface area contributed by atoms with Gasteiger partial charge in [0.2, 0.25) is 0 Å². The van der Waals surface area contributed by atoms with Gasteiger partial charge in [-0.1, -0.05) is 0 Å². The molecule has 0 aromatic heterocycles. The van der Waals surface area contributed by atoms with E-state index in [1.54, 1.807) is 6.92 Å². The summed E-state index contributed by atoms with van der Waals surface area (Å²) in [5.74, 6) is 0. The maximum Gasteiger partial charge on any atom is 0.508 e. The zero-order valence-corrected chi connectivity index (χ0v) is 11.4. The molecule has 9 heteroatoms. The maximum atomic E-state index is 10.0. The van der Waals surface area contributed by atoms with Crippen LogP contribution in [-0.4, -0.2) is 74.8 Å². The fourth-order valence-electron chi connectivity index (χ4n) is 0.992. The van der Waals surface area contributed by atoms with Gasteiger partial charge in [-0.2, -0.15) is 0 Å². The van der Waals surface area contributed by atoms with Gasteiger partial charge in [0.05, 0.1) is 13.2 Å². The molecule has 20 heavy (non-hydrogen) atoms. The average molecular weight is 295 g/mol. The van der Waals surface area contributed by atoms with Crippen molar-refractivity contribution in [2.24, 2.45) is 0 Å². The van der Waals surface area contributed by atoms with Crippen LogP contribution in [0, 0.1) is 0 Å². The third-order valence-corrected chi connectivity index (χ3v) is 1.83. The van der Waals surface area contributed by atoms with Crippen LogP contribution in [0.4, 0.5) is 9.59 Å². The molecule has 2 heterocycles. The molecule has 0 amide bonds. The molecule has 2 aliphatic rings. The van der Waals surface area contributed by atoms with E-state index in [-0.39, 0.29) is 19.3 Å². The molecule has 2 aliphatic heterocycles. The Kier molecular flexibility index (Phi) is 11.5. The first-order chi connectivity index (χ1) is 9.60. The molecule has 118 valence electrons. The summed E-state index contributed by atoms with van der Waals surface area (Å²) < 4.78 is 17.5. The Hall–Kier alpha value is -1.58. The number of rotatable bonds is 4. The SMILES string of the molecule is CC1COC(=O)O1.O=C1OCCO1.OCCNCCO. The second kappa shape index (κ2) is 12.5. The van der Waals surface area contributed by atoms with E-state index in [1.165, 1.54) is 0 Å². The van der Waals surface area contributed by atoms with Gasteiger partial charge in [-0.15, -0.1) is 0 Å². The van der Waals surface area contributed by atoms with Crippen LogP contribution in [0.2, 0.25) is 0 Å². The van der Waals surface area contributed by atoms with Crippen LogP contribution in [-0.2, 0) is 18.9 Å². The summed E-state index contributed by atoms with van der Waals surface area (Å²) in [7, 11) is 0. The third kappa shape index (κ3) is 11.5. The fourth-order valence-corrected chi connectivity index (χ4v) is 0.992. The number of hydrogen-bond acceptors (Lipinski definition) is 9. The van der Waals surface area contributed by atoms with E-state index >= 15 is 0 Å². The highest BCUT2D eigenvalue weighted by atomic mass is 16.8. The minimum Gasteiger partial charge on any atom is -0.431 e. The lowest BCUT2D eigenvalue weighted by Gasteiger charge is -1.94. The highest BCUT2D eigenvalue weighted by molar-refractivity contribution is 5.61. The Bertz CT molecular complexity index is 261. The number of carbonyl (C=O) groups excluding carboxylic acids is 2. The standard InChI is InChI=1S/C4H11NO2.C4H6O3.C3H4O3/c6-3-1-5-2-4-7;1-3-2-6-4(5)7-3;4-3-5-1-2-6-3/h5-7H,1-4H2;3H,2H2,1H3;1-2H2. The van der Waals surface area contributed by atoms with Crippen LogP contribution in [0.15, 0.2) is 0 Å². The van der Waals surface area contributed by atoms with E-state index in [2.05, 4.69) is 24.3 Å². The molecule has 2 saturated heterocycles. The molecule has 0 aliphatic carbocycles. The molecule has 2 rings (SSSR count). The van der Waals surface area contributed by atoms with Crippen molar-refractivity contribution in [2.45, 2.75) is 13.0 Å². The van der Waals surface area contributed by atoms with Gasteiger partial charge in [0.25, 0.3) is 0 Å². The summed E-state index contributed by atoms with van der Waals surface area (Å²) >= 11 is 0. The van der Waals surface area contributed by atoms with E-state index < -0.39 is 12.3 Å². The molecule has 0 saturated carbocycles. The fraction of sp³-hybridized carbons (Fsp3) is 0.818. The lowest BCUT2D eigenvalue weighted by atomic mass is 10.5. The number of hydrogen-bond donors (Lipinski definition) is 3. The maximum absolute atomic E-state index is 10.0. The molecule has 2 fully saturated rings. The average Bonchev–Trinajstić information content (AvgIpc) is 3.03. The van der Waals surface area contributed by atoms with Gasteiger partial charge in [0.1, 0.15) is 25.9 Å². The van der Waals surface area contributed by atoms with Crippen molar-refractivity contribution >= 4 is 12.3 Å². The lowest BCUT2D eigenvalue weighted by molar-refractivity contribution is 0.121. The molecular formula is C11H21NO8. The number of carbonyl (C=O) groups is 2. The molecule has 0 bridgehead atoms. The van der Waals surface area contributed by atoms with Crippen LogP contribution in [0.5, 0.6) is 0 Å². The van der Waals surface area contributed by atoms with E-state index in [1.807, 2.05) is 0 Å². The van der Waals surface area contributed by atoms with Crippen molar-refractivity contribution in [1.82, 2.24) is 5.32 Å². The van der Waals surface area contributed by atoms with Crippen molar-refractivity contribution in [1.29, 1.82) is 0 Å². The highest BCUT2D eigenvalue weighted by Gasteiger charge is 2.19. The molecule has 0 radical (unpaired) electrons. The Balaban J connectivity index is 0.000000271. The van der Waals surface area contributed by atoms with Gasteiger partial charge in [0, 0.05) is 13.1 Å². The summed E-state index contributed by atoms with van der Waals surface area (Å²) in [6.07, 6.45) is -1.14. The van der Waals surface area contributed by atoms with Crippen LogP contribution in [0.1, 0.15) is 6.92 Å². The second-order valence-corrected chi connectivity index (χ2v) is 3.63. The number of aliphatic hydroxyl groups is 2. The molecule has 1 atom stereocenters. The van der Waals surface area contributed by atoms with Crippen LogP contribution >= 0.6 is 0 Å². The minimum absolute atomic E-state index is 0.0486. The Morgan fingerprint density at radius 1 is 1.05 bits per heavy atom. The number of aliphatic hydroxyl groups excluding tert-OH is 2. The Labute approximate surface area is 116 Å². The van der Waals surface area contributed by atoms with Gasteiger partial charge in [-0.05, 0) is 6.92 Å². The van der Waals surface area contributed by atoms with Crippen LogP contribution in [0.3, 0.4) is 0 Å². The largest absolute Gasteiger partial charge is 0.508 e. The summed E-state index contributed by atoms with van der Waals surface area (Å²) in [6.45, 7) is 4.43. The van der Waals surface area contributed by atoms with E-state index in [4.69, 9.17) is 10.2 Å². The Morgan fingerprint density at radius 3 is 1.80 bits per heavy atom. The predicted octanol–water partition coefficient (Wildman–Crippen LogP) is -0.744. The number of cyclic esters (lactones) is 4. The van der Waals surface area contributed by atoms with Gasteiger partial charge >= 0.3 is 12.3 Å². The molecule has 1 unspecified atom stereocenters. The number of nitrogens with one attached hydrogen (secondary N) is 1. The molecule has 0 spiro atoms. The normalized spacial score (nSPS) is 19.4. The van der Waals surface area contributed by atoms with E-state index in [9.17, 15) is 9.59 Å². The molecule has 0 aromatic rings. The zero-order chi connectivity index (χ0) is 15.2. The van der Waals surface area contributed by atoms with Crippen molar-refractivity contribution < 1.29 is 38.7 Å². The van der Waals surface area contributed by atoms with Crippen LogP contribution in [0.25, 0.3) is 0 Å². The Morgan fingerprint density at radius 2 is 1.60 bits per heavy atom. The summed E-state index contributed by atoms with van der Waals surface area (Å²) in [5.41, 5.74) is 0. The summed E-state index contributed by atoms with van der Waals surface area (Å²) in [4.78, 5) is 19.8. The first-order valence-electron chi connectivity index (χ1n) is 6.15. The first-order valence-corrected chi connectivity index (χ1v) is 6.15. The summed E-state index contributed by atoms with van der Waals surface area (Å²) in [5, 5.41) is 19.1. The third-order valence-electron chi connectivity index (χ3n) is 1.83. The van der Waals surface area contributed by atoms with Crippen molar-refractivity contribution in [2.75, 3.05) is 46.1 Å². The minimum atomic E-state index is -0.549. The van der Waals surface area contributed by atoms with Crippen molar-refractivity contribution in [3.05, 3.63) is 0 Å². The zero-order valence-electron chi connectivity index (χ0n) is 11.4. The topological polar surface area (TPSA) is 124 Å². The van der Waals surface area contributed by atoms with Gasteiger partial charge < -0.3 is 34.5 Å². The smallest absolute Gasteiger partial charge is 0.431 e. The second-order valence-electron chi connectivity index (χ2n) is 3.63. The quantitative estimate of drug-likeness (QED) is 0.454. The van der Waals surface area contributed by atoms with Crippen molar-refractivity contribution in [3.63, 3.8) is 0 Å². The highest BCUT2D eigenvalue weighted by Crippen LogP contribution is 2.02. The van der Waals surface area contributed by atoms with Gasteiger partial charge in [-0.3, -0.25) is 0 Å². The molecule has 0 aromatic carbocycles. The molecular weight excluding hydrogens is 274 g/mol. The molecule has 9 nitrogen and oxygen atoms in total. The van der Waals surface area contributed by atoms with Crippen LogP contribution < -0.4 is 5.32 Å². The first kappa shape index (κ1) is 18.4.